The number of rotatable bonds is 7. The maximum Gasteiger partial charge on any atom is 0.139 e. The number of nitrogens with one attached hydrogen (secondary N) is 1. The van der Waals surface area contributed by atoms with Crippen LogP contribution in [0, 0.1) is 18.8 Å². The third kappa shape index (κ3) is 7.49. The largest absolute Gasteiger partial charge is 0.492 e. The van der Waals surface area contributed by atoms with Gasteiger partial charge in [-0.15, -0.1) is 0 Å². The number of hydrogen-bond acceptors (Lipinski definition) is 5. The molecule has 1 heterocycles. The Kier molecular flexibility index (Phi) is 9.29. The molecule has 0 spiro atoms. The van der Waals surface area contributed by atoms with Gasteiger partial charge >= 0.3 is 0 Å². The number of aromatic nitrogens is 2. The zero-order chi connectivity index (χ0) is 22.8. The predicted molar refractivity (Wildman–Crippen MR) is 135 cm³/mol. The van der Waals surface area contributed by atoms with Crippen molar-refractivity contribution in [3.05, 3.63) is 60.4 Å². The minimum Gasteiger partial charge on any atom is -0.492 e. The minimum absolute atomic E-state index is 0.757. The molecule has 0 bridgehead atoms. The van der Waals surface area contributed by atoms with Crippen molar-refractivity contribution < 1.29 is 4.74 Å². The highest BCUT2D eigenvalue weighted by atomic mass is 16.5. The van der Waals surface area contributed by atoms with Gasteiger partial charge in [0, 0.05) is 26.0 Å². The van der Waals surface area contributed by atoms with E-state index in [1.54, 1.807) is 0 Å². The fourth-order valence-corrected chi connectivity index (χ4v) is 4.11. The van der Waals surface area contributed by atoms with Gasteiger partial charge in [-0.3, -0.25) is 0 Å². The first-order valence-electron chi connectivity index (χ1n) is 11.8. The van der Waals surface area contributed by atoms with Gasteiger partial charge in [-0.2, -0.15) is 0 Å². The molecule has 0 saturated heterocycles. The molecular formula is C27H38N4O. The van der Waals surface area contributed by atoms with Crippen LogP contribution in [0.1, 0.15) is 38.4 Å². The number of para-hydroxylation sites is 2. The van der Waals surface area contributed by atoms with Crippen LogP contribution in [0.2, 0.25) is 0 Å². The van der Waals surface area contributed by atoms with E-state index in [1.807, 2.05) is 80.5 Å². The van der Waals surface area contributed by atoms with Crippen molar-refractivity contribution in [3.63, 3.8) is 0 Å². The maximum absolute atomic E-state index is 5.65. The summed E-state index contributed by atoms with van der Waals surface area (Å²) < 4.78 is 5.65. The lowest BCUT2D eigenvalue weighted by molar-refractivity contribution is 0.268. The van der Waals surface area contributed by atoms with E-state index in [2.05, 4.69) is 22.2 Å². The van der Waals surface area contributed by atoms with Crippen molar-refractivity contribution in [2.45, 2.75) is 39.5 Å². The van der Waals surface area contributed by atoms with Gasteiger partial charge in [0.05, 0.1) is 5.52 Å². The van der Waals surface area contributed by atoms with Crippen LogP contribution >= 0.6 is 0 Å². The Morgan fingerprint density at radius 2 is 1.62 bits per heavy atom. The number of nitrogens with zero attached hydrogens (tertiary/aromatic N) is 3. The molecule has 172 valence electrons. The zero-order valence-corrected chi connectivity index (χ0v) is 20.1. The minimum atomic E-state index is 0.757. The average molecular weight is 435 g/mol. The number of hydrogen-bond donors (Lipinski definition) is 1. The molecule has 1 aromatic heterocycles. The standard InChI is InChI=1S/C16H25NO.C11H13N3/c1-14-7-9-15(10-8-14)13-17-11-12-18-16-5-3-2-4-6-16;1-8-12-10-7-5-4-6-9(10)11(13-8)14(2)3/h2-6,14-15,17H,7-13H2,1H3;4-7H,1-3H3. The second kappa shape index (κ2) is 12.4. The lowest BCUT2D eigenvalue weighted by Crippen LogP contribution is -2.29. The summed E-state index contributed by atoms with van der Waals surface area (Å²) in [6.45, 7) is 7.15. The van der Waals surface area contributed by atoms with E-state index in [-0.39, 0.29) is 0 Å². The van der Waals surface area contributed by atoms with Crippen LogP contribution in [0.15, 0.2) is 54.6 Å². The number of benzene rings is 2. The molecule has 1 fully saturated rings. The molecule has 1 saturated carbocycles. The molecule has 5 heteroatoms. The normalized spacial score (nSPS) is 18.0. The lowest BCUT2D eigenvalue weighted by atomic mass is 9.83. The Bertz CT molecular complexity index is 937. The molecule has 0 atom stereocenters. The highest BCUT2D eigenvalue weighted by Crippen LogP contribution is 2.27. The van der Waals surface area contributed by atoms with E-state index >= 15 is 0 Å². The molecule has 1 aliphatic rings. The second-order valence-electron chi connectivity index (χ2n) is 9.00. The predicted octanol–water partition coefficient (Wildman–Crippen LogP) is 5.49. The van der Waals surface area contributed by atoms with Crippen LogP contribution in [0.3, 0.4) is 0 Å². The maximum atomic E-state index is 5.65. The van der Waals surface area contributed by atoms with E-state index < -0.39 is 0 Å². The van der Waals surface area contributed by atoms with E-state index in [1.165, 1.54) is 25.7 Å². The Hall–Kier alpha value is -2.66. The van der Waals surface area contributed by atoms with E-state index in [0.29, 0.717) is 0 Å². The zero-order valence-electron chi connectivity index (χ0n) is 20.1. The molecule has 1 aliphatic carbocycles. The summed E-state index contributed by atoms with van der Waals surface area (Å²) in [5.74, 6) is 4.59. The molecule has 32 heavy (non-hydrogen) atoms. The van der Waals surface area contributed by atoms with Gasteiger partial charge in [0.1, 0.15) is 24.0 Å². The summed E-state index contributed by atoms with van der Waals surface area (Å²) >= 11 is 0. The number of ether oxygens (including phenoxy) is 1. The van der Waals surface area contributed by atoms with Crippen molar-refractivity contribution in [1.29, 1.82) is 0 Å². The van der Waals surface area contributed by atoms with Crippen LogP contribution in [-0.4, -0.2) is 43.8 Å². The van der Waals surface area contributed by atoms with E-state index in [9.17, 15) is 0 Å². The molecule has 0 unspecified atom stereocenters. The molecular weight excluding hydrogens is 396 g/mol. The molecule has 3 aromatic rings. The third-order valence-electron chi connectivity index (χ3n) is 5.98. The van der Waals surface area contributed by atoms with Crippen molar-refractivity contribution in [1.82, 2.24) is 15.3 Å². The first kappa shape index (κ1) is 24.0. The van der Waals surface area contributed by atoms with Gasteiger partial charge in [0.25, 0.3) is 0 Å². The van der Waals surface area contributed by atoms with Gasteiger partial charge in [-0.25, -0.2) is 9.97 Å². The molecule has 4 rings (SSSR count). The number of anilines is 1. The molecule has 0 radical (unpaired) electrons. The van der Waals surface area contributed by atoms with Crippen LogP contribution in [-0.2, 0) is 0 Å². The van der Waals surface area contributed by atoms with Gasteiger partial charge in [-0.1, -0.05) is 50.1 Å². The fourth-order valence-electron chi connectivity index (χ4n) is 4.11. The SMILES string of the molecule is CC1CCC(CNCCOc2ccccc2)CC1.Cc1nc(N(C)C)c2ccccc2n1. The smallest absolute Gasteiger partial charge is 0.139 e. The molecule has 0 amide bonds. The summed E-state index contributed by atoms with van der Waals surface area (Å²) in [5, 5.41) is 4.62. The van der Waals surface area contributed by atoms with Gasteiger partial charge in [0.2, 0.25) is 0 Å². The van der Waals surface area contributed by atoms with Gasteiger partial charge < -0.3 is 15.0 Å². The topological polar surface area (TPSA) is 50.3 Å². The van der Waals surface area contributed by atoms with Crippen molar-refractivity contribution >= 4 is 16.7 Å². The highest BCUT2D eigenvalue weighted by Gasteiger charge is 2.17. The summed E-state index contributed by atoms with van der Waals surface area (Å²) in [6, 6.07) is 18.1. The second-order valence-corrected chi connectivity index (χ2v) is 9.00. The fraction of sp³-hybridized carbons (Fsp3) is 0.481. The molecule has 0 aliphatic heterocycles. The third-order valence-corrected chi connectivity index (χ3v) is 5.98. The van der Waals surface area contributed by atoms with Crippen LogP contribution < -0.4 is 15.0 Å². The highest BCUT2D eigenvalue weighted by molar-refractivity contribution is 5.89. The first-order chi connectivity index (χ1) is 15.5. The van der Waals surface area contributed by atoms with Gasteiger partial charge in [-0.05, 0) is 62.4 Å². The quantitative estimate of drug-likeness (QED) is 0.499. The van der Waals surface area contributed by atoms with Crippen LogP contribution in [0.4, 0.5) is 5.82 Å². The Morgan fingerprint density at radius 1 is 0.938 bits per heavy atom. The molecule has 1 N–H and O–H groups in total. The van der Waals surface area contributed by atoms with Crippen molar-refractivity contribution in [3.8, 4) is 5.75 Å². The Labute approximate surface area is 193 Å². The monoisotopic (exact) mass is 434 g/mol. The van der Waals surface area contributed by atoms with E-state index in [4.69, 9.17) is 4.74 Å². The first-order valence-corrected chi connectivity index (χ1v) is 11.8. The Balaban J connectivity index is 0.000000186. The summed E-state index contributed by atoms with van der Waals surface area (Å²) in [7, 11) is 3.99. The van der Waals surface area contributed by atoms with Crippen LogP contribution in [0.5, 0.6) is 5.75 Å². The van der Waals surface area contributed by atoms with Crippen molar-refractivity contribution in [2.24, 2.45) is 11.8 Å². The lowest BCUT2D eigenvalue weighted by Gasteiger charge is -2.26. The van der Waals surface area contributed by atoms with E-state index in [0.717, 1.165) is 59.8 Å². The number of aryl methyl sites for hydroxylation is 1. The van der Waals surface area contributed by atoms with Crippen molar-refractivity contribution in [2.75, 3.05) is 38.7 Å². The summed E-state index contributed by atoms with van der Waals surface area (Å²) in [4.78, 5) is 10.8. The van der Waals surface area contributed by atoms with Crippen LogP contribution in [0.25, 0.3) is 10.9 Å². The molecule has 5 nitrogen and oxygen atoms in total. The van der Waals surface area contributed by atoms with Gasteiger partial charge in [0.15, 0.2) is 0 Å². The average Bonchev–Trinajstić information content (AvgIpc) is 2.80. The Morgan fingerprint density at radius 3 is 2.34 bits per heavy atom. The molecule has 2 aromatic carbocycles. The summed E-state index contributed by atoms with van der Waals surface area (Å²) in [6.07, 6.45) is 5.61. The summed E-state index contributed by atoms with van der Waals surface area (Å²) in [5.41, 5.74) is 1.00. The number of fused-ring (bicyclic) bond motifs is 1.